The van der Waals surface area contributed by atoms with Gasteiger partial charge in [0.25, 0.3) is 0 Å². The first-order valence-electron chi connectivity index (χ1n) is 5.98. The summed E-state index contributed by atoms with van der Waals surface area (Å²) in [5.74, 6) is -0.796. The Hall–Kier alpha value is -1.50. The van der Waals surface area contributed by atoms with Gasteiger partial charge < -0.3 is 5.11 Å². The molecule has 3 nitrogen and oxygen atoms in total. The Morgan fingerprint density at radius 1 is 1.20 bits per heavy atom. The molecule has 0 atom stereocenters. The molecule has 0 saturated heterocycles. The summed E-state index contributed by atoms with van der Waals surface area (Å²) in [5, 5.41) is 14.0. The van der Waals surface area contributed by atoms with Gasteiger partial charge >= 0.3 is 5.97 Å². The van der Waals surface area contributed by atoms with Crippen molar-refractivity contribution < 1.29 is 9.90 Å². The maximum Gasteiger partial charge on any atom is 0.308 e. The highest BCUT2D eigenvalue weighted by Gasteiger charge is 2.10. The zero-order chi connectivity index (χ0) is 13.9. The molecule has 3 aromatic heterocycles. The summed E-state index contributed by atoms with van der Waals surface area (Å²) in [4.78, 5) is 18.5. The van der Waals surface area contributed by atoms with E-state index in [1.165, 1.54) is 16.2 Å². The Kier molecular flexibility index (Phi) is 3.95. The average molecular weight is 321 g/mol. The summed E-state index contributed by atoms with van der Waals surface area (Å²) in [6.45, 7) is 0. The molecular formula is C14H11NO2S3. The van der Waals surface area contributed by atoms with Gasteiger partial charge in [-0.3, -0.25) is 4.79 Å². The normalized spacial score (nSPS) is 10.8. The summed E-state index contributed by atoms with van der Waals surface area (Å²) in [6, 6.07) is 7.98. The molecule has 102 valence electrons. The zero-order valence-electron chi connectivity index (χ0n) is 10.4. The van der Waals surface area contributed by atoms with Crippen molar-refractivity contribution in [3.63, 3.8) is 0 Å². The fraction of sp³-hybridized carbons (Fsp3) is 0.143. The number of rotatable bonds is 5. The van der Waals surface area contributed by atoms with Crippen molar-refractivity contribution in [2.75, 3.05) is 0 Å². The first-order chi connectivity index (χ1) is 9.70. The van der Waals surface area contributed by atoms with Crippen LogP contribution in [0.15, 0.2) is 35.0 Å². The van der Waals surface area contributed by atoms with Crippen molar-refractivity contribution >= 4 is 40.0 Å². The molecule has 3 rings (SSSR count). The molecule has 0 fully saturated rings. The van der Waals surface area contributed by atoms with Crippen LogP contribution in [-0.4, -0.2) is 16.1 Å². The fourth-order valence-electron chi connectivity index (χ4n) is 1.83. The maximum absolute atomic E-state index is 10.7. The molecule has 3 aromatic rings. The molecule has 6 heteroatoms. The van der Waals surface area contributed by atoms with E-state index in [4.69, 9.17) is 5.11 Å². The molecule has 0 spiro atoms. The van der Waals surface area contributed by atoms with Gasteiger partial charge in [-0.1, -0.05) is 6.07 Å². The summed E-state index contributed by atoms with van der Waals surface area (Å²) in [5.41, 5.74) is 0.947. The summed E-state index contributed by atoms with van der Waals surface area (Å²) in [7, 11) is 0. The topological polar surface area (TPSA) is 50.2 Å². The summed E-state index contributed by atoms with van der Waals surface area (Å²) < 4.78 is 0. The third-order valence-corrected chi connectivity index (χ3v) is 5.53. The SMILES string of the molecule is O=C(O)Cc1ccc(-c2csc(Cc3cccs3)n2)s1. The van der Waals surface area contributed by atoms with Gasteiger partial charge in [0.1, 0.15) is 0 Å². The van der Waals surface area contributed by atoms with E-state index in [0.717, 1.165) is 26.9 Å². The Balaban J connectivity index is 1.76. The number of carboxylic acid groups (broad SMARTS) is 1. The van der Waals surface area contributed by atoms with Crippen LogP contribution in [0.3, 0.4) is 0 Å². The monoisotopic (exact) mass is 321 g/mol. The van der Waals surface area contributed by atoms with E-state index in [9.17, 15) is 4.79 Å². The zero-order valence-corrected chi connectivity index (χ0v) is 12.9. The molecule has 1 N–H and O–H groups in total. The number of carboxylic acids is 1. The van der Waals surface area contributed by atoms with Gasteiger partial charge in [0, 0.05) is 21.6 Å². The molecule has 0 radical (unpaired) electrons. The lowest BCUT2D eigenvalue weighted by molar-refractivity contribution is -0.136. The number of nitrogens with zero attached hydrogens (tertiary/aromatic N) is 1. The largest absolute Gasteiger partial charge is 0.481 e. The predicted octanol–water partition coefficient (Wildman–Crippen LogP) is 4.15. The number of hydrogen-bond donors (Lipinski definition) is 1. The van der Waals surface area contributed by atoms with E-state index in [2.05, 4.69) is 16.4 Å². The van der Waals surface area contributed by atoms with Crippen molar-refractivity contribution in [3.8, 4) is 10.6 Å². The van der Waals surface area contributed by atoms with Crippen molar-refractivity contribution in [1.82, 2.24) is 4.98 Å². The van der Waals surface area contributed by atoms with Crippen LogP contribution in [0.1, 0.15) is 14.8 Å². The van der Waals surface area contributed by atoms with E-state index in [1.54, 1.807) is 22.7 Å². The maximum atomic E-state index is 10.7. The van der Waals surface area contributed by atoms with Crippen LogP contribution in [0.4, 0.5) is 0 Å². The fourth-order valence-corrected chi connectivity index (χ4v) is 4.48. The van der Waals surface area contributed by atoms with Gasteiger partial charge in [-0.05, 0) is 23.6 Å². The van der Waals surface area contributed by atoms with Crippen LogP contribution in [-0.2, 0) is 17.6 Å². The van der Waals surface area contributed by atoms with Gasteiger partial charge in [-0.2, -0.15) is 0 Å². The second-order valence-electron chi connectivity index (χ2n) is 4.22. The molecule has 0 saturated carbocycles. The number of thiazole rings is 1. The molecule has 0 bridgehead atoms. The summed E-state index contributed by atoms with van der Waals surface area (Å²) in [6.07, 6.45) is 0.951. The number of hydrogen-bond acceptors (Lipinski definition) is 5. The van der Waals surface area contributed by atoms with E-state index in [-0.39, 0.29) is 6.42 Å². The number of aliphatic carboxylic acids is 1. The molecule has 0 aliphatic heterocycles. The lowest BCUT2D eigenvalue weighted by atomic mass is 10.3. The van der Waals surface area contributed by atoms with Crippen LogP contribution in [0.5, 0.6) is 0 Å². The van der Waals surface area contributed by atoms with Gasteiger partial charge in [-0.25, -0.2) is 4.98 Å². The Labute approximate surface area is 128 Å². The minimum atomic E-state index is -0.796. The van der Waals surface area contributed by atoms with Crippen LogP contribution >= 0.6 is 34.0 Å². The van der Waals surface area contributed by atoms with Crippen molar-refractivity contribution in [2.24, 2.45) is 0 Å². The molecule has 0 unspecified atom stereocenters. The van der Waals surface area contributed by atoms with Crippen molar-refractivity contribution in [2.45, 2.75) is 12.8 Å². The summed E-state index contributed by atoms with van der Waals surface area (Å²) >= 11 is 4.89. The molecule has 0 aliphatic carbocycles. The Bertz CT molecular complexity index is 712. The number of aromatic nitrogens is 1. The van der Waals surface area contributed by atoms with Gasteiger partial charge in [0.2, 0.25) is 0 Å². The molecule has 20 heavy (non-hydrogen) atoms. The second kappa shape index (κ2) is 5.87. The van der Waals surface area contributed by atoms with E-state index < -0.39 is 5.97 Å². The van der Waals surface area contributed by atoms with E-state index >= 15 is 0 Å². The first kappa shape index (κ1) is 13.5. The van der Waals surface area contributed by atoms with E-state index in [0.29, 0.717) is 0 Å². The van der Waals surface area contributed by atoms with Crippen LogP contribution in [0, 0.1) is 0 Å². The lowest BCUT2D eigenvalue weighted by Gasteiger charge is -1.92. The predicted molar refractivity (Wildman–Crippen MR) is 83.9 cm³/mol. The Morgan fingerprint density at radius 3 is 2.85 bits per heavy atom. The van der Waals surface area contributed by atoms with Crippen molar-refractivity contribution in [1.29, 1.82) is 0 Å². The van der Waals surface area contributed by atoms with Crippen molar-refractivity contribution in [3.05, 3.63) is 49.8 Å². The molecule has 0 aliphatic rings. The third-order valence-electron chi connectivity index (χ3n) is 2.70. The molecule has 0 aromatic carbocycles. The number of carbonyl (C=O) groups is 1. The number of thiophene rings is 2. The standard InChI is InChI=1S/C14H11NO2S3/c16-14(17)7-10-3-4-12(20-10)11-8-19-13(15-11)6-9-2-1-5-18-9/h1-5,8H,6-7H2,(H,16,17). The minimum absolute atomic E-state index is 0.0802. The minimum Gasteiger partial charge on any atom is -0.481 e. The third kappa shape index (κ3) is 3.15. The second-order valence-corrected chi connectivity index (χ2v) is 7.36. The quantitative estimate of drug-likeness (QED) is 0.768. The van der Waals surface area contributed by atoms with Crippen LogP contribution in [0.25, 0.3) is 10.6 Å². The van der Waals surface area contributed by atoms with Gasteiger partial charge in [0.15, 0.2) is 0 Å². The smallest absolute Gasteiger partial charge is 0.308 e. The first-order valence-corrected chi connectivity index (χ1v) is 8.56. The average Bonchev–Trinajstić information content (AvgIpc) is 3.09. The van der Waals surface area contributed by atoms with E-state index in [1.807, 2.05) is 23.6 Å². The van der Waals surface area contributed by atoms with Crippen LogP contribution < -0.4 is 0 Å². The van der Waals surface area contributed by atoms with Crippen LogP contribution in [0.2, 0.25) is 0 Å². The molecular weight excluding hydrogens is 310 g/mol. The highest BCUT2D eigenvalue weighted by Crippen LogP contribution is 2.30. The molecule has 3 heterocycles. The van der Waals surface area contributed by atoms with Gasteiger partial charge in [-0.15, -0.1) is 34.0 Å². The molecule has 0 amide bonds. The lowest BCUT2D eigenvalue weighted by Crippen LogP contribution is -1.96. The Morgan fingerprint density at radius 2 is 2.10 bits per heavy atom. The highest BCUT2D eigenvalue weighted by atomic mass is 32.1. The van der Waals surface area contributed by atoms with Gasteiger partial charge in [0.05, 0.1) is 22.0 Å². The highest BCUT2D eigenvalue weighted by molar-refractivity contribution is 7.16.